The first-order chi connectivity index (χ1) is 14.4. The van der Waals surface area contributed by atoms with E-state index in [0.717, 1.165) is 11.1 Å². The standard InChI is InChI=1S/C25H27NO4/c1-15(2)17-7-9-18(10-8-17)22-21-23(27)19-14-16(3)6-11-20(19)30-24(21)25(28)26(22)12-5-13-29-4/h6-11,14-15,22H,5,12-13H2,1-4H3. The number of amides is 1. The second-order valence-electron chi connectivity index (χ2n) is 8.24. The topological polar surface area (TPSA) is 59.8 Å². The number of hydrogen-bond donors (Lipinski definition) is 0. The van der Waals surface area contributed by atoms with Crippen molar-refractivity contribution in [3.63, 3.8) is 0 Å². The van der Waals surface area contributed by atoms with Crippen LogP contribution in [0.5, 0.6) is 0 Å². The lowest BCUT2D eigenvalue weighted by Gasteiger charge is -2.25. The molecule has 156 valence electrons. The largest absolute Gasteiger partial charge is 0.450 e. The predicted octanol–water partition coefficient (Wildman–Crippen LogP) is 4.81. The van der Waals surface area contributed by atoms with Crippen LogP contribution in [-0.2, 0) is 4.74 Å². The van der Waals surface area contributed by atoms with Gasteiger partial charge in [0.1, 0.15) is 5.58 Å². The molecule has 1 aliphatic rings. The highest BCUT2D eigenvalue weighted by molar-refractivity contribution is 5.99. The first kappa shape index (κ1) is 20.4. The van der Waals surface area contributed by atoms with E-state index in [2.05, 4.69) is 26.0 Å². The minimum absolute atomic E-state index is 0.129. The molecule has 1 unspecified atom stereocenters. The van der Waals surface area contributed by atoms with Crippen molar-refractivity contribution in [3.05, 3.63) is 80.7 Å². The Morgan fingerprint density at radius 1 is 1.10 bits per heavy atom. The van der Waals surface area contributed by atoms with Crippen LogP contribution in [0.25, 0.3) is 11.0 Å². The highest BCUT2D eigenvalue weighted by atomic mass is 16.5. The fourth-order valence-electron chi connectivity index (χ4n) is 4.15. The van der Waals surface area contributed by atoms with Crippen molar-refractivity contribution in [2.45, 2.75) is 39.2 Å². The highest BCUT2D eigenvalue weighted by Gasteiger charge is 2.42. The maximum absolute atomic E-state index is 13.5. The van der Waals surface area contributed by atoms with E-state index in [9.17, 15) is 9.59 Å². The summed E-state index contributed by atoms with van der Waals surface area (Å²) in [5, 5.41) is 0.518. The molecule has 0 aliphatic carbocycles. The van der Waals surface area contributed by atoms with Crippen LogP contribution >= 0.6 is 0 Å². The molecule has 0 radical (unpaired) electrons. The van der Waals surface area contributed by atoms with Gasteiger partial charge in [0.05, 0.1) is 17.0 Å². The van der Waals surface area contributed by atoms with Crippen LogP contribution in [-0.4, -0.2) is 31.1 Å². The summed E-state index contributed by atoms with van der Waals surface area (Å²) in [5.41, 5.74) is 3.88. The van der Waals surface area contributed by atoms with Gasteiger partial charge in [0.2, 0.25) is 5.76 Å². The van der Waals surface area contributed by atoms with Gasteiger partial charge in [-0.25, -0.2) is 0 Å². The zero-order chi connectivity index (χ0) is 21.4. The number of carbonyl (C=O) groups is 1. The van der Waals surface area contributed by atoms with Gasteiger partial charge in [0.25, 0.3) is 5.91 Å². The van der Waals surface area contributed by atoms with Crippen molar-refractivity contribution >= 4 is 16.9 Å². The molecule has 0 N–H and O–H groups in total. The molecule has 30 heavy (non-hydrogen) atoms. The highest BCUT2D eigenvalue weighted by Crippen LogP contribution is 2.38. The van der Waals surface area contributed by atoms with Crippen LogP contribution in [0.2, 0.25) is 0 Å². The SMILES string of the molecule is COCCCN1C(=O)c2oc3ccc(C)cc3c(=O)c2C1c1ccc(C(C)C)cc1. The van der Waals surface area contributed by atoms with Crippen molar-refractivity contribution in [1.82, 2.24) is 4.90 Å². The van der Waals surface area contributed by atoms with Gasteiger partial charge < -0.3 is 14.1 Å². The number of nitrogens with zero attached hydrogens (tertiary/aromatic N) is 1. The Morgan fingerprint density at radius 2 is 1.83 bits per heavy atom. The number of ether oxygens (including phenoxy) is 1. The van der Waals surface area contributed by atoms with E-state index in [0.29, 0.717) is 42.0 Å². The molecule has 1 aliphatic heterocycles. The fourth-order valence-corrected chi connectivity index (χ4v) is 4.15. The molecule has 0 fully saturated rings. The van der Waals surface area contributed by atoms with Gasteiger partial charge in [0.15, 0.2) is 5.43 Å². The molecule has 5 nitrogen and oxygen atoms in total. The van der Waals surface area contributed by atoms with Gasteiger partial charge >= 0.3 is 0 Å². The van der Waals surface area contributed by atoms with E-state index in [-0.39, 0.29) is 17.1 Å². The van der Waals surface area contributed by atoms with E-state index < -0.39 is 6.04 Å². The minimum atomic E-state index is -0.452. The van der Waals surface area contributed by atoms with Crippen molar-refractivity contribution in [2.75, 3.05) is 20.3 Å². The van der Waals surface area contributed by atoms with Gasteiger partial charge in [0, 0.05) is 20.3 Å². The maximum Gasteiger partial charge on any atom is 0.290 e. The molecular weight excluding hydrogens is 378 g/mol. The number of fused-ring (bicyclic) bond motifs is 2. The van der Waals surface area contributed by atoms with Crippen LogP contribution in [0, 0.1) is 6.92 Å². The van der Waals surface area contributed by atoms with E-state index in [1.54, 1.807) is 18.1 Å². The lowest BCUT2D eigenvalue weighted by Crippen LogP contribution is -2.31. The summed E-state index contributed by atoms with van der Waals surface area (Å²) in [6, 6.07) is 13.2. The zero-order valence-corrected chi connectivity index (χ0v) is 17.9. The van der Waals surface area contributed by atoms with Crippen LogP contribution in [0.15, 0.2) is 51.7 Å². The van der Waals surface area contributed by atoms with Crippen LogP contribution in [0.1, 0.15) is 65.0 Å². The molecule has 1 aromatic heterocycles. The van der Waals surface area contributed by atoms with E-state index in [4.69, 9.17) is 9.15 Å². The van der Waals surface area contributed by atoms with Crippen molar-refractivity contribution in [2.24, 2.45) is 0 Å². The number of carbonyl (C=O) groups excluding carboxylic acids is 1. The Labute approximate surface area is 176 Å². The van der Waals surface area contributed by atoms with Gasteiger partial charge in [-0.2, -0.15) is 0 Å². The molecule has 2 aromatic carbocycles. The third-order valence-corrected chi connectivity index (χ3v) is 5.79. The molecule has 0 bridgehead atoms. The molecule has 2 heterocycles. The Hall–Kier alpha value is -2.92. The van der Waals surface area contributed by atoms with Crippen LogP contribution in [0.3, 0.4) is 0 Å². The Balaban J connectivity index is 1.88. The van der Waals surface area contributed by atoms with Crippen LogP contribution < -0.4 is 5.43 Å². The van der Waals surface area contributed by atoms with Crippen molar-refractivity contribution in [1.29, 1.82) is 0 Å². The number of aryl methyl sites for hydroxylation is 1. The molecule has 0 saturated heterocycles. The number of benzene rings is 2. The summed E-state index contributed by atoms with van der Waals surface area (Å²) in [4.78, 5) is 28.5. The lowest BCUT2D eigenvalue weighted by atomic mass is 9.95. The molecule has 3 aromatic rings. The van der Waals surface area contributed by atoms with E-state index in [1.165, 1.54) is 5.56 Å². The van der Waals surface area contributed by atoms with E-state index >= 15 is 0 Å². The average Bonchev–Trinajstić information content (AvgIpc) is 3.01. The number of hydrogen-bond acceptors (Lipinski definition) is 4. The molecule has 4 rings (SSSR count). The first-order valence-electron chi connectivity index (χ1n) is 10.4. The fraction of sp³-hybridized carbons (Fsp3) is 0.360. The Morgan fingerprint density at radius 3 is 2.50 bits per heavy atom. The molecule has 0 saturated carbocycles. The number of methoxy groups -OCH3 is 1. The summed E-state index contributed by atoms with van der Waals surface area (Å²) >= 11 is 0. The summed E-state index contributed by atoms with van der Waals surface area (Å²) in [7, 11) is 1.64. The molecule has 5 heteroatoms. The first-order valence-corrected chi connectivity index (χ1v) is 10.4. The lowest BCUT2D eigenvalue weighted by molar-refractivity contribution is 0.0708. The summed E-state index contributed by atoms with van der Waals surface area (Å²) < 4.78 is 11.2. The third kappa shape index (κ3) is 3.43. The Kier molecular flexibility index (Phi) is 5.48. The van der Waals surface area contributed by atoms with Crippen molar-refractivity contribution < 1.29 is 13.9 Å². The van der Waals surface area contributed by atoms with Gasteiger partial charge in [-0.15, -0.1) is 0 Å². The van der Waals surface area contributed by atoms with E-state index in [1.807, 2.05) is 31.2 Å². The monoisotopic (exact) mass is 405 g/mol. The normalized spacial score (nSPS) is 16.0. The molecular formula is C25H27NO4. The van der Waals surface area contributed by atoms with Crippen LogP contribution in [0.4, 0.5) is 0 Å². The smallest absolute Gasteiger partial charge is 0.290 e. The minimum Gasteiger partial charge on any atom is -0.450 e. The maximum atomic E-state index is 13.5. The molecule has 1 atom stereocenters. The quantitative estimate of drug-likeness (QED) is 0.553. The summed E-state index contributed by atoms with van der Waals surface area (Å²) in [6.07, 6.45) is 0.684. The molecule has 1 amide bonds. The third-order valence-electron chi connectivity index (χ3n) is 5.79. The van der Waals surface area contributed by atoms with Gasteiger partial charge in [-0.3, -0.25) is 9.59 Å². The number of rotatable bonds is 6. The average molecular weight is 405 g/mol. The second-order valence-corrected chi connectivity index (χ2v) is 8.24. The zero-order valence-electron chi connectivity index (χ0n) is 17.9. The van der Waals surface area contributed by atoms with Crippen molar-refractivity contribution in [3.8, 4) is 0 Å². The summed E-state index contributed by atoms with van der Waals surface area (Å²) in [6.45, 7) is 7.26. The Bertz CT molecular complexity index is 1140. The molecule has 0 spiro atoms. The van der Waals surface area contributed by atoms with Gasteiger partial charge in [-0.1, -0.05) is 49.7 Å². The second kappa shape index (κ2) is 8.07. The van der Waals surface area contributed by atoms with Gasteiger partial charge in [-0.05, 0) is 42.5 Å². The summed E-state index contributed by atoms with van der Waals surface area (Å²) in [5.74, 6) is 0.330. The predicted molar refractivity (Wildman–Crippen MR) is 117 cm³/mol.